The van der Waals surface area contributed by atoms with Crippen molar-refractivity contribution in [2.24, 2.45) is 5.73 Å². The van der Waals surface area contributed by atoms with Crippen molar-refractivity contribution < 1.29 is 23.9 Å². The normalized spacial score (nSPS) is 10.6. The molecule has 7 nitrogen and oxygen atoms in total. The lowest BCUT2D eigenvalue weighted by molar-refractivity contribution is -0.140. The Morgan fingerprint density at radius 2 is 2.04 bits per heavy atom. The Bertz CT molecular complexity index is 701. The van der Waals surface area contributed by atoms with Gasteiger partial charge in [-0.15, -0.1) is 0 Å². The number of methoxy groups -OCH3 is 1. The van der Waals surface area contributed by atoms with E-state index in [0.717, 1.165) is 0 Å². The number of ketones is 1. The van der Waals surface area contributed by atoms with Gasteiger partial charge in [-0.25, -0.2) is 4.79 Å². The van der Waals surface area contributed by atoms with Crippen LogP contribution in [0.25, 0.3) is 6.08 Å². The van der Waals surface area contributed by atoms with Crippen molar-refractivity contribution in [3.8, 4) is 11.8 Å². The minimum atomic E-state index is -0.825. The minimum Gasteiger partial charge on any atom is -0.496 e. The van der Waals surface area contributed by atoms with Crippen molar-refractivity contribution >= 4 is 23.7 Å². The van der Waals surface area contributed by atoms with Gasteiger partial charge in [-0.3, -0.25) is 9.59 Å². The monoisotopic (exact) mass is 316 g/mol. The molecule has 0 bridgehead atoms. The standard InChI is InChI=1S/C16H16N2O5/c1-10(19)13(16(21)23-7-3-6-17)8-11-4-5-12(15(18)20)9-14(11)22-2/h4-5,8-9H,3,7H2,1-2H3,(H2,18,20)/b13-8+. The van der Waals surface area contributed by atoms with Crippen molar-refractivity contribution in [1.82, 2.24) is 0 Å². The summed E-state index contributed by atoms with van der Waals surface area (Å²) in [6, 6.07) is 6.20. The molecule has 0 unspecified atom stereocenters. The average molecular weight is 316 g/mol. The number of rotatable bonds is 7. The predicted octanol–water partition coefficient (Wildman–Crippen LogP) is 1.22. The van der Waals surface area contributed by atoms with Gasteiger partial charge in [0.1, 0.15) is 17.9 Å². The van der Waals surface area contributed by atoms with E-state index in [0.29, 0.717) is 5.56 Å². The molecule has 0 aliphatic rings. The number of nitrogens with two attached hydrogens (primary N) is 1. The zero-order valence-corrected chi connectivity index (χ0v) is 12.8. The molecule has 2 N–H and O–H groups in total. The van der Waals surface area contributed by atoms with E-state index in [4.69, 9.17) is 20.5 Å². The number of primary amides is 1. The molecule has 1 aromatic rings. The highest BCUT2D eigenvalue weighted by molar-refractivity contribution is 6.20. The Kier molecular flexibility index (Phi) is 6.49. The number of nitrogens with zero attached hydrogens (tertiary/aromatic N) is 1. The van der Waals surface area contributed by atoms with Crippen molar-refractivity contribution in [2.75, 3.05) is 13.7 Å². The third kappa shape index (κ3) is 4.97. The van der Waals surface area contributed by atoms with Crippen LogP contribution < -0.4 is 10.5 Å². The molecule has 0 fully saturated rings. The molecule has 0 spiro atoms. The maximum Gasteiger partial charge on any atom is 0.341 e. The maximum atomic E-state index is 11.9. The lowest BCUT2D eigenvalue weighted by atomic mass is 10.0. The first kappa shape index (κ1) is 17.9. The lowest BCUT2D eigenvalue weighted by Crippen LogP contribution is -2.14. The Morgan fingerprint density at radius 1 is 1.35 bits per heavy atom. The minimum absolute atomic E-state index is 0.0353. The second-order valence-electron chi connectivity index (χ2n) is 4.48. The number of Topliss-reactive ketones (excluding diaryl/α,β-unsaturated/α-hetero) is 1. The molecule has 0 heterocycles. The fourth-order valence-electron chi connectivity index (χ4n) is 1.71. The lowest BCUT2D eigenvalue weighted by Gasteiger charge is -2.08. The van der Waals surface area contributed by atoms with Crippen molar-refractivity contribution in [2.45, 2.75) is 13.3 Å². The maximum absolute atomic E-state index is 11.9. The van der Waals surface area contributed by atoms with Gasteiger partial charge in [0.15, 0.2) is 5.78 Å². The van der Waals surface area contributed by atoms with Crippen LogP contribution in [0.4, 0.5) is 0 Å². The third-order valence-corrected chi connectivity index (χ3v) is 2.86. The summed E-state index contributed by atoms with van der Waals surface area (Å²) in [6.07, 6.45) is 1.34. The Morgan fingerprint density at radius 3 is 2.57 bits per heavy atom. The summed E-state index contributed by atoms with van der Waals surface area (Å²) in [6.45, 7) is 1.12. The molecule has 0 saturated carbocycles. The molecule has 0 aliphatic heterocycles. The van der Waals surface area contributed by atoms with Crippen LogP contribution in [0.3, 0.4) is 0 Å². The number of ether oxygens (including phenoxy) is 2. The van der Waals surface area contributed by atoms with Crippen LogP contribution in [-0.2, 0) is 14.3 Å². The summed E-state index contributed by atoms with van der Waals surface area (Å²) in [4.78, 5) is 34.7. The van der Waals surface area contributed by atoms with Gasteiger partial charge in [-0.1, -0.05) is 6.07 Å². The molecule has 0 atom stereocenters. The number of hydrogen-bond donors (Lipinski definition) is 1. The average Bonchev–Trinajstić information content (AvgIpc) is 2.52. The van der Waals surface area contributed by atoms with Gasteiger partial charge < -0.3 is 15.2 Å². The Labute approximate surface area is 133 Å². The number of amides is 1. The van der Waals surface area contributed by atoms with Crippen LogP contribution >= 0.6 is 0 Å². The van der Waals surface area contributed by atoms with E-state index in [9.17, 15) is 14.4 Å². The van der Waals surface area contributed by atoms with Gasteiger partial charge in [0.2, 0.25) is 5.91 Å². The van der Waals surface area contributed by atoms with Gasteiger partial charge in [-0.05, 0) is 25.1 Å². The highest BCUT2D eigenvalue weighted by Gasteiger charge is 2.17. The fraction of sp³-hybridized carbons (Fsp3) is 0.250. The molecule has 0 radical (unpaired) electrons. The number of nitriles is 1. The molecule has 7 heteroatoms. The molecular formula is C16H16N2O5. The highest BCUT2D eigenvalue weighted by Crippen LogP contribution is 2.23. The number of esters is 1. The molecule has 0 aromatic heterocycles. The number of benzene rings is 1. The van der Waals surface area contributed by atoms with Gasteiger partial charge in [0.25, 0.3) is 0 Å². The molecule has 120 valence electrons. The van der Waals surface area contributed by atoms with Gasteiger partial charge >= 0.3 is 5.97 Å². The van der Waals surface area contributed by atoms with E-state index in [2.05, 4.69) is 0 Å². The van der Waals surface area contributed by atoms with Crippen molar-refractivity contribution in [3.63, 3.8) is 0 Å². The van der Waals surface area contributed by atoms with E-state index in [1.165, 1.54) is 38.3 Å². The van der Waals surface area contributed by atoms with Crippen LogP contribution in [0.5, 0.6) is 5.75 Å². The zero-order chi connectivity index (χ0) is 17.4. The van der Waals surface area contributed by atoms with Crippen LogP contribution in [0.15, 0.2) is 23.8 Å². The van der Waals surface area contributed by atoms with E-state index < -0.39 is 17.7 Å². The molecule has 1 aromatic carbocycles. The molecule has 1 amide bonds. The van der Waals surface area contributed by atoms with Crippen molar-refractivity contribution in [1.29, 1.82) is 5.26 Å². The first-order valence-electron chi connectivity index (χ1n) is 6.65. The third-order valence-electron chi connectivity index (χ3n) is 2.86. The molecule has 0 saturated heterocycles. The summed E-state index contributed by atoms with van der Waals surface area (Å²) in [5, 5.41) is 8.42. The van der Waals surface area contributed by atoms with E-state index in [1.54, 1.807) is 0 Å². The Balaban J connectivity index is 3.17. The summed E-state index contributed by atoms with van der Waals surface area (Å²) in [7, 11) is 1.39. The molecule has 23 heavy (non-hydrogen) atoms. The summed E-state index contributed by atoms with van der Waals surface area (Å²) in [5.41, 5.74) is 5.65. The smallest absolute Gasteiger partial charge is 0.341 e. The van der Waals surface area contributed by atoms with Crippen LogP contribution in [0, 0.1) is 11.3 Å². The fourth-order valence-corrected chi connectivity index (χ4v) is 1.71. The van der Waals surface area contributed by atoms with E-state index in [1.807, 2.05) is 6.07 Å². The second kappa shape index (κ2) is 8.34. The number of carbonyl (C=O) groups excluding carboxylic acids is 3. The van der Waals surface area contributed by atoms with Crippen molar-refractivity contribution in [3.05, 3.63) is 34.9 Å². The summed E-state index contributed by atoms with van der Waals surface area (Å²) >= 11 is 0. The first-order chi connectivity index (χ1) is 10.9. The molecule has 0 aliphatic carbocycles. The number of carbonyl (C=O) groups is 3. The van der Waals surface area contributed by atoms with E-state index in [-0.39, 0.29) is 29.9 Å². The van der Waals surface area contributed by atoms with Crippen LogP contribution in [0.2, 0.25) is 0 Å². The summed E-state index contributed by atoms with van der Waals surface area (Å²) < 4.78 is 9.98. The predicted molar refractivity (Wildman–Crippen MR) is 81.4 cm³/mol. The van der Waals surface area contributed by atoms with Gasteiger partial charge in [-0.2, -0.15) is 5.26 Å². The quantitative estimate of drug-likeness (QED) is 0.265. The van der Waals surface area contributed by atoms with Crippen LogP contribution in [-0.4, -0.2) is 31.4 Å². The largest absolute Gasteiger partial charge is 0.496 e. The highest BCUT2D eigenvalue weighted by atomic mass is 16.5. The SMILES string of the molecule is COc1cc(C(N)=O)ccc1/C=C(\C(C)=O)C(=O)OCCC#N. The topological polar surface area (TPSA) is 119 Å². The van der Waals surface area contributed by atoms with Gasteiger partial charge in [0.05, 0.1) is 19.6 Å². The number of hydrogen-bond acceptors (Lipinski definition) is 6. The molecular weight excluding hydrogens is 300 g/mol. The first-order valence-corrected chi connectivity index (χ1v) is 6.65. The molecule has 1 rings (SSSR count). The second-order valence-corrected chi connectivity index (χ2v) is 4.48. The van der Waals surface area contributed by atoms with Gasteiger partial charge in [0, 0.05) is 11.1 Å². The zero-order valence-electron chi connectivity index (χ0n) is 12.8. The Hall–Kier alpha value is -3.14. The summed E-state index contributed by atoms with van der Waals surface area (Å²) in [5.74, 6) is -1.66. The van der Waals surface area contributed by atoms with E-state index >= 15 is 0 Å². The van der Waals surface area contributed by atoms with Crippen LogP contribution in [0.1, 0.15) is 29.3 Å².